The quantitative estimate of drug-likeness (QED) is 0.593. The number of guanidine groups is 1. The normalized spacial score (nSPS) is 11.4. The Bertz CT molecular complexity index is 713. The molecule has 7 heteroatoms. The Morgan fingerprint density at radius 1 is 1.25 bits per heavy atom. The van der Waals surface area contributed by atoms with Gasteiger partial charge in [-0.25, -0.2) is 9.98 Å². The van der Waals surface area contributed by atoms with E-state index in [0.29, 0.717) is 24.0 Å². The number of aliphatic imine (C=N–C) groups is 1. The summed E-state index contributed by atoms with van der Waals surface area (Å²) in [5.74, 6) is 1.82. The fourth-order valence-electron chi connectivity index (χ4n) is 2.32. The summed E-state index contributed by atoms with van der Waals surface area (Å²) in [4.78, 5) is 10.1. The number of nitrogens with zero attached hydrogens (tertiary/aromatic N) is 2. The number of thiazole rings is 1. The van der Waals surface area contributed by atoms with Gasteiger partial charge in [0, 0.05) is 17.8 Å². The first kappa shape index (κ1) is 18.1. The molecule has 0 saturated carbocycles. The van der Waals surface area contributed by atoms with Crippen molar-refractivity contribution in [3.8, 4) is 11.5 Å². The van der Waals surface area contributed by atoms with Crippen molar-refractivity contribution in [2.75, 3.05) is 20.8 Å². The Hall–Kier alpha value is -2.28. The van der Waals surface area contributed by atoms with Gasteiger partial charge in [0.2, 0.25) is 0 Å². The minimum absolute atomic E-state index is 0.434. The molecular formula is C17H24N4O2S. The van der Waals surface area contributed by atoms with Crippen LogP contribution in [0.4, 0.5) is 0 Å². The second-order valence-electron chi connectivity index (χ2n) is 5.31. The molecule has 0 bridgehead atoms. The summed E-state index contributed by atoms with van der Waals surface area (Å²) >= 11 is 1.73. The van der Waals surface area contributed by atoms with E-state index in [4.69, 9.17) is 15.2 Å². The van der Waals surface area contributed by atoms with E-state index in [1.54, 1.807) is 25.6 Å². The van der Waals surface area contributed by atoms with Crippen LogP contribution in [0.3, 0.4) is 0 Å². The van der Waals surface area contributed by atoms with Gasteiger partial charge in [0.1, 0.15) is 0 Å². The highest BCUT2D eigenvalue weighted by molar-refractivity contribution is 7.11. The number of nitrogens with one attached hydrogen (secondary N) is 1. The number of nitrogens with two attached hydrogens (primary N) is 1. The first-order valence-electron chi connectivity index (χ1n) is 7.71. The van der Waals surface area contributed by atoms with Crippen LogP contribution < -0.4 is 20.5 Å². The van der Waals surface area contributed by atoms with E-state index in [1.165, 1.54) is 4.88 Å². The number of aryl methyl sites for hydroxylation is 2. The maximum atomic E-state index is 5.93. The molecule has 0 aliphatic carbocycles. The maximum absolute atomic E-state index is 5.93. The Morgan fingerprint density at radius 2 is 2.00 bits per heavy atom. The van der Waals surface area contributed by atoms with Gasteiger partial charge in [0.05, 0.1) is 31.5 Å². The predicted octanol–water partition coefficient (Wildman–Crippen LogP) is 2.42. The smallest absolute Gasteiger partial charge is 0.188 e. The van der Waals surface area contributed by atoms with E-state index in [1.807, 2.05) is 32.0 Å². The molecule has 2 rings (SSSR count). The lowest BCUT2D eigenvalue weighted by Crippen LogP contribution is -2.33. The number of hydrogen-bond donors (Lipinski definition) is 2. The van der Waals surface area contributed by atoms with E-state index in [2.05, 4.69) is 15.3 Å². The molecule has 0 unspecified atom stereocenters. The predicted molar refractivity (Wildman–Crippen MR) is 98.2 cm³/mol. The summed E-state index contributed by atoms with van der Waals surface area (Å²) in [6.45, 7) is 5.28. The van der Waals surface area contributed by atoms with Gasteiger partial charge in [-0.3, -0.25) is 0 Å². The summed E-state index contributed by atoms with van der Waals surface area (Å²) in [6, 6.07) is 5.71. The third-order valence-corrected chi connectivity index (χ3v) is 4.67. The number of aromatic nitrogens is 1. The summed E-state index contributed by atoms with van der Waals surface area (Å²) in [5.41, 5.74) is 8.03. The van der Waals surface area contributed by atoms with Crippen LogP contribution in [-0.2, 0) is 13.0 Å². The monoisotopic (exact) mass is 348 g/mol. The van der Waals surface area contributed by atoms with Crippen molar-refractivity contribution in [2.24, 2.45) is 10.7 Å². The summed E-state index contributed by atoms with van der Waals surface area (Å²) in [5, 5.41) is 4.23. The van der Waals surface area contributed by atoms with Crippen molar-refractivity contribution in [1.82, 2.24) is 10.3 Å². The van der Waals surface area contributed by atoms with Gasteiger partial charge in [0.15, 0.2) is 17.5 Å². The molecular weight excluding hydrogens is 324 g/mol. The molecule has 130 valence electrons. The van der Waals surface area contributed by atoms with Gasteiger partial charge >= 0.3 is 0 Å². The zero-order chi connectivity index (χ0) is 17.5. The molecule has 0 fully saturated rings. The molecule has 0 spiro atoms. The fraction of sp³-hybridized carbons (Fsp3) is 0.412. The molecule has 2 aromatic rings. The largest absolute Gasteiger partial charge is 0.493 e. The SMILES string of the molecule is COc1ccc(CN=C(N)NCCc2sc(C)nc2C)cc1OC. The Labute approximate surface area is 146 Å². The van der Waals surface area contributed by atoms with Crippen molar-refractivity contribution < 1.29 is 9.47 Å². The van der Waals surface area contributed by atoms with Crippen molar-refractivity contribution in [3.63, 3.8) is 0 Å². The highest BCUT2D eigenvalue weighted by Gasteiger charge is 2.05. The first-order valence-corrected chi connectivity index (χ1v) is 8.52. The standard InChI is InChI=1S/C17H24N4O2S/c1-11-16(24-12(2)21-11)7-8-19-17(18)20-10-13-5-6-14(22-3)15(9-13)23-4/h5-6,9H,7-8,10H2,1-4H3,(H3,18,19,20). The maximum Gasteiger partial charge on any atom is 0.188 e. The van der Waals surface area contributed by atoms with Gasteiger partial charge in [-0.05, 0) is 31.5 Å². The van der Waals surface area contributed by atoms with Crippen molar-refractivity contribution in [1.29, 1.82) is 0 Å². The van der Waals surface area contributed by atoms with Crippen LogP contribution in [0.25, 0.3) is 0 Å². The minimum atomic E-state index is 0.434. The third-order valence-electron chi connectivity index (χ3n) is 3.54. The number of hydrogen-bond acceptors (Lipinski definition) is 5. The van der Waals surface area contributed by atoms with Gasteiger partial charge in [-0.1, -0.05) is 6.07 Å². The Kier molecular flexibility index (Phi) is 6.43. The molecule has 1 aromatic carbocycles. The Balaban J connectivity index is 1.86. The number of ether oxygens (including phenoxy) is 2. The summed E-state index contributed by atoms with van der Waals surface area (Å²) in [6.07, 6.45) is 0.893. The summed E-state index contributed by atoms with van der Waals surface area (Å²) in [7, 11) is 3.23. The molecule has 1 aromatic heterocycles. The zero-order valence-corrected chi connectivity index (χ0v) is 15.4. The minimum Gasteiger partial charge on any atom is -0.493 e. The average Bonchev–Trinajstić information content (AvgIpc) is 2.90. The van der Waals surface area contributed by atoms with E-state index in [9.17, 15) is 0 Å². The van der Waals surface area contributed by atoms with Gasteiger partial charge in [-0.2, -0.15) is 0 Å². The Morgan fingerprint density at radius 3 is 2.62 bits per heavy atom. The molecule has 0 atom stereocenters. The summed E-state index contributed by atoms with van der Waals surface area (Å²) < 4.78 is 10.5. The van der Waals surface area contributed by atoms with Crippen LogP contribution in [0.2, 0.25) is 0 Å². The lowest BCUT2D eigenvalue weighted by molar-refractivity contribution is 0.354. The third kappa shape index (κ3) is 4.86. The number of methoxy groups -OCH3 is 2. The second-order valence-corrected chi connectivity index (χ2v) is 6.60. The number of benzene rings is 1. The fourth-order valence-corrected chi connectivity index (χ4v) is 3.26. The van der Waals surface area contributed by atoms with Crippen LogP contribution in [0.15, 0.2) is 23.2 Å². The molecule has 0 aliphatic heterocycles. The van der Waals surface area contributed by atoms with Crippen LogP contribution in [0.1, 0.15) is 21.1 Å². The number of rotatable bonds is 7. The topological polar surface area (TPSA) is 81.8 Å². The van der Waals surface area contributed by atoms with E-state index in [0.717, 1.165) is 29.2 Å². The van der Waals surface area contributed by atoms with E-state index in [-0.39, 0.29) is 0 Å². The van der Waals surface area contributed by atoms with Gasteiger partial charge < -0.3 is 20.5 Å². The molecule has 1 heterocycles. The van der Waals surface area contributed by atoms with Crippen molar-refractivity contribution >= 4 is 17.3 Å². The molecule has 0 amide bonds. The second kappa shape index (κ2) is 8.54. The van der Waals surface area contributed by atoms with Crippen molar-refractivity contribution in [3.05, 3.63) is 39.3 Å². The molecule has 6 nitrogen and oxygen atoms in total. The highest BCUT2D eigenvalue weighted by Crippen LogP contribution is 2.27. The lowest BCUT2D eigenvalue weighted by atomic mass is 10.2. The van der Waals surface area contributed by atoms with Crippen LogP contribution in [0.5, 0.6) is 11.5 Å². The van der Waals surface area contributed by atoms with Gasteiger partial charge in [-0.15, -0.1) is 11.3 Å². The van der Waals surface area contributed by atoms with E-state index >= 15 is 0 Å². The van der Waals surface area contributed by atoms with Crippen LogP contribution >= 0.6 is 11.3 Å². The molecule has 0 saturated heterocycles. The molecule has 24 heavy (non-hydrogen) atoms. The van der Waals surface area contributed by atoms with E-state index < -0.39 is 0 Å². The average molecular weight is 348 g/mol. The van der Waals surface area contributed by atoms with Gasteiger partial charge in [0.25, 0.3) is 0 Å². The van der Waals surface area contributed by atoms with Crippen LogP contribution in [-0.4, -0.2) is 31.7 Å². The zero-order valence-electron chi connectivity index (χ0n) is 14.5. The molecule has 3 N–H and O–H groups in total. The molecule has 0 radical (unpaired) electrons. The lowest BCUT2D eigenvalue weighted by Gasteiger charge is -2.09. The van der Waals surface area contributed by atoms with Crippen LogP contribution in [0, 0.1) is 13.8 Å². The molecule has 0 aliphatic rings. The highest BCUT2D eigenvalue weighted by atomic mass is 32.1. The first-order chi connectivity index (χ1) is 11.5. The van der Waals surface area contributed by atoms with Crippen molar-refractivity contribution in [2.45, 2.75) is 26.8 Å².